The van der Waals surface area contributed by atoms with Gasteiger partial charge in [0.05, 0.1) is 5.69 Å². The van der Waals surface area contributed by atoms with Crippen LogP contribution in [-0.4, -0.2) is 4.98 Å². The molecule has 2 aromatic heterocycles. The summed E-state index contributed by atoms with van der Waals surface area (Å²) < 4.78 is 5.54. The fourth-order valence-electron chi connectivity index (χ4n) is 1.19. The van der Waals surface area contributed by atoms with E-state index in [1.54, 1.807) is 11.3 Å². The maximum Gasteiger partial charge on any atom is 0.213 e. The molecule has 2 aromatic rings. The van der Waals surface area contributed by atoms with Crippen LogP contribution in [0.5, 0.6) is 5.88 Å². The predicted molar refractivity (Wildman–Crippen MR) is 60.8 cm³/mol. The molecule has 0 aliphatic carbocycles. The lowest BCUT2D eigenvalue weighted by atomic mass is 10.3. The van der Waals surface area contributed by atoms with E-state index in [1.807, 2.05) is 35.7 Å². The van der Waals surface area contributed by atoms with Crippen molar-refractivity contribution < 1.29 is 4.74 Å². The Bertz CT molecular complexity index is 414. The molecule has 0 aliphatic rings. The fourth-order valence-corrected chi connectivity index (χ4v) is 1.81. The maximum absolute atomic E-state index is 5.54. The average Bonchev–Trinajstić information content (AvgIpc) is 2.79. The lowest BCUT2D eigenvalue weighted by Crippen LogP contribution is -2.01. The van der Waals surface area contributed by atoms with Crippen LogP contribution >= 0.6 is 11.3 Å². The van der Waals surface area contributed by atoms with Gasteiger partial charge in [-0.2, -0.15) is 0 Å². The summed E-state index contributed by atoms with van der Waals surface area (Å²) in [6, 6.07) is 9.67. The molecular weight excluding hydrogens is 208 g/mol. The molecule has 2 N–H and O–H groups in total. The number of hydrogen-bond donors (Lipinski definition) is 1. The second-order valence-corrected chi connectivity index (χ2v) is 4.07. The molecule has 15 heavy (non-hydrogen) atoms. The summed E-state index contributed by atoms with van der Waals surface area (Å²) in [5.74, 6) is 0.631. The second-order valence-electron chi connectivity index (χ2n) is 3.04. The molecule has 0 aromatic carbocycles. The van der Waals surface area contributed by atoms with E-state index < -0.39 is 0 Å². The van der Waals surface area contributed by atoms with Crippen LogP contribution in [0.2, 0.25) is 0 Å². The van der Waals surface area contributed by atoms with Crippen molar-refractivity contribution in [3.8, 4) is 5.88 Å². The first-order chi connectivity index (χ1) is 7.38. The van der Waals surface area contributed by atoms with Crippen molar-refractivity contribution in [3.63, 3.8) is 0 Å². The van der Waals surface area contributed by atoms with Gasteiger partial charge in [-0.1, -0.05) is 12.1 Å². The third kappa shape index (κ3) is 2.78. The third-order valence-electron chi connectivity index (χ3n) is 1.93. The van der Waals surface area contributed by atoms with E-state index in [-0.39, 0.29) is 0 Å². The molecule has 0 unspecified atom stereocenters. The van der Waals surface area contributed by atoms with Gasteiger partial charge >= 0.3 is 0 Å². The van der Waals surface area contributed by atoms with E-state index in [1.165, 1.54) is 4.88 Å². The van der Waals surface area contributed by atoms with Gasteiger partial charge < -0.3 is 10.5 Å². The van der Waals surface area contributed by atoms with Gasteiger partial charge in [0, 0.05) is 17.5 Å². The lowest BCUT2D eigenvalue weighted by molar-refractivity contribution is 0.296. The number of pyridine rings is 1. The molecule has 4 heteroatoms. The summed E-state index contributed by atoms with van der Waals surface area (Å²) in [4.78, 5) is 5.44. The van der Waals surface area contributed by atoms with Crippen LogP contribution in [-0.2, 0) is 13.2 Å². The minimum Gasteiger partial charge on any atom is -0.472 e. The highest BCUT2D eigenvalue weighted by Gasteiger charge is 1.98. The molecule has 2 heterocycles. The molecule has 0 aliphatic heterocycles. The van der Waals surface area contributed by atoms with Gasteiger partial charge in [-0.15, -0.1) is 11.3 Å². The number of rotatable bonds is 4. The smallest absolute Gasteiger partial charge is 0.213 e. The Kier molecular flexibility index (Phi) is 3.32. The Morgan fingerprint density at radius 1 is 1.27 bits per heavy atom. The molecular formula is C11H12N2OS. The van der Waals surface area contributed by atoms with Crippen molar-refractivity contribution in [3.05, 3.63) is 46.3 Å². The molecule has 0 spiro atoms. The normalized spacial score (nSPS) is 10.2. The SMILES string of the molecule is NCc1cccc(OCc2cccs2)n1. The third-order valence-corrected chi connectivity index (χ3v) is 2.78. The summed E-state index contributed by atoms with van der Waals surface area (Å²) in [6.07, 6.45) is 0. The number of ether oxygens (including phenoxy) is 1. The molecule has 3 nitrogen and oxygen atoms in total. The number of nitrogens with zero attached hydrogens (tertiary/aromatic N) is 1. The fraction of sp³-hybridized carbons (Fsp3) is 0.182. The summed E-state index contributed by atoms with van der Waals surface area (Å²) in [5, 5.41) is 2.03. The summed E-state index contributed by atoms with van der Waals surface area (Å²) in [5.41, 5.74) is 6.34. The Balaban J connectivity index is 1.98. The van der Waals surface area contributed by atoms with E-state index in [0.717, 1.165) is 5.69 Å². The van der Waals surface area contributed by atoms with Crippen LogP contribution in [0, 0.1) is 0 Å². The van der Waals surface area contributed by atoms with Crippen LogP contribution < -0.4 is 10.5 Å². The van der Waals surface area contributed by atoms with Crippen molar-refractivity contribution in [2.24, 2.45) is 5.73 Å². The first-order valence-corrected chi connectivity index (χ1v) is 5.57. The summed E-state index contributed by atoms with van der Waals surface area (Å²) >= 11 is 1.67. The highest BCUT2D eigenvalue weighted by atomic mass is 32.1. The number of hydrogen-bond acceptors (Lipinski definition) is 4. The first kappa shape index (κ1) is 10.1. The molecule has 0 atom stereocenters. The van der Waals surface area contributed by atoms with Crippen LogP contribution in [0.4, 0.5) is 0 Å². The molecule has 0 saturated carbocycles. The molecule has 0 radical (unpaired) electrons. The van der Waals surface area contributed by atoms with E-state index >= 15 is 0 Å². The highest BCUT2D eigenvalue weighted by molar-refractivity contribution is 7.09. The maximum atomic E-state index is 5.54. The molecule has 0 saturated heterocycles. The average molecular weight is 220 g/mol. The molecule has 0 amide bonds. The van der Waals surface area contributed by atoms with Gasteiger partial charge in [0.1, 0.15) is 6.61 Å². The van der Waals surface area contributed by atoms with Gasteiger partial charge in [-0.25, -0.2) is 4.98 Å². The molecule has 0 fully saturated rings. The largest absolute Gasteiger partial charge is 0.472 e. The zero-order valence-electron chi connectivity index (χ0n) is 8.22. The van der Waals surface area contributed by atoms with Crippen LogP contribution in [0.1, 0.15) is 10.6 Å². The van der Waals surface area contributed by atoms with E-state index in [4.69, 9.17) is 10.5 Å². The minimum atomic E-state index is 0.441. The van der Waals surface area contributed by atoms with Gasteiger partial charge in [-0.3, -0.25) is 0 Å². The van der Waals surface area contributed by atoms with Crippen LogP contribution in [0.15, 0.2) is 35.7 Å². The quantitative estimate of drug-likeness (QED) is 0.859. The van der Waals surface area contributed by atoms with Gasteiger partial charge in [-0.05, 0) is 17.5 Å². The van der Waals surface area contributed by atoms with Gasteiger partial charge in [0.25, 0.3) is 0 Å². The Labute approximate surface area is 92.5 Å². The number of aromatic nitrogens is 1. The number of nitrogens with two attached hydrogens (primary N) is 1. The molecule has 0 bridgehead atoms. The topological polar surface area (TPSA) is 48.1 Å². The van der Waals surface area contributed by atoms with Gasteiger partial charge in [0.2, 0.25) is 5.88 Å². The lowest BCUT2D eigenvalue weighted by Gasteiger charge is -2.04. The Morgan fingerprint density at radius 3 is 2.93 bits per heavy atom. The Hall–Kier alpha value is -1.39. The van der Waals surface area contributed by atoms with Crippen LogP contribution in [0.3, 0.4) is 0 Å². The van der Waals surface area contributed by atoms with Crippen molar-refractivity contribution in [1.29, 1.82) is 0 Å². The zero-order valence-corrected chi connectivity index (χ0v) is 9.04. The van der Waals surface area contributed by atoms with E-state index in [2.05, 4.69) is 4.98 Å². The van der Waals surface area contributed by atoms with Crippen molar-refractivity contribution in [1.82, 2.24) is 4.98 Å². The first-order valence-electron chi connectivity index (χ1n) is 4.69. The van der Waals surface area contributed by atoms with E-state index in [9.17, 15) is 0 Å². The standard InChI is InChI=1S/C11H12N2OS/c12-7-9-3-1-5-11(13-9)14-8-10-4-2-6-15-10/h1-6H,7-8,12H2. The van der Waals surface area contributed by atoms with Crippen molar-refractivity contribution in [2.75, 3.05) is 0 Å². The monoisotopic (exact) mass is 220 g/mol. The zero-order chi connectivity index (χ0) is 10.5. The molecule has 2 rings (SSSR count). The second kappa shape index (κ2) is 4.91. The summed E-state index contributed by atoms with van der Waals surface area (Å²) in [7, 11) is 0. The van der Waals surface area contributed by atoms with E-state index in [0.29, 0.717) is 19.0 Å². The highest BCUT2D eigenvalue weighted by Crippen LogP contribution is 2.13. The van der Waals surface area contributed by atoms with Crippen molar-refractivity contribution in [2.45, 2.75) is 13.2 Å². The molecule has 78 valence electrons. The number of thiophene rings is 1. The van der Waals surface area contributed by atoms with Gasteiger partial charge in [0.15, 0.2) is 0 Å². The predicted octanol–water partition coefficient (Wildman–Crippen LogP) is 2.18. The van der Waals surface area contributed by atoms with Crippen LogP contribution in [0.25, 0.3) is 0 Å². The minimum absolute atomic E-state index is 0.441. The van der Waals surface area contributed by atoms with Crippen molar-refractivity contribution >= 4 is 11.3 Å². The summed E-state index contributed by atoms with van der Waals surface area (Å²) in [6.45, 7) is 1.01. The Morgan fingerprint density at radius 2 is 2.20 bits per heavy atom.